The largest absolute Gasteiger partial charge is 0.399 e. The van der Waals surface area contributed by atoms with Crippen LogP contribution in [-0.2, 0) is 4.79 Å². The Balaban J connectivity index is 1.67. The van der Waals surface area contributed by atoms with E-state index in [0.717, 1.165) is 42.9 Å². The van der Waals surface area contributed by atoms with Crippen LogP contribution in [0.4, 0.5) is 10.8 Å². The van der Waals surface area contributed by atoms with Crippen LogP contribution in [0.1, 0.15) is 12.8 Å². The number of nitrogens with one attached hydrogen (secondary N) is 2. The van der Waals surface area contributed by atoms with E-state index in [1.807, 2.05) is 29.6 Å². The summed E-state index contributed by atoms with van der Waals surface area (Å²) < 4.78 is 0. The molecule has 6 heteroatoms. The number of anilines is 2. The molecule has 110 valence electrons. The molecule has 1 aliphatic heterocycles. The molecule has 1 fully saturated rings. The highest BCUT2D eigenvalue weighted by atomic mass is 32.1. The van der Waals surface area contributed by atoms with Gasteiger partial charge in [0.05, 0.1) is 5.69 Å². The minimum Gasteiger partial charge on any atom is -0.399 e. The number of piperidine rings is 1. The van der Waals surface area contributed by atoms with Gasteiger partial charge in [0.2, 0.25) is 5.91 Å². The van der Waals surface area contributed by atoms with Gasteiger partial charge in [-0.1, -0.05) is 12.1 Å². The van der Waals surface area contributed by atoms with E-state index in [0.29, 0.717) is 5.13 Å². The Kier molecular flexibility index (Phi) is 4.17. The number of nitrogens with zero attached hydrogens (tertiary/aromatic N) is 1. The second kappa shape index (κ2) is 6.24. The third kappa shape index (κ3) is 3.40. The van der Waals surface area contributed by atoms with Crippen LogP contribution in [-0.4, -0.2) is 24.0 Å². The fourth-order valence-electron chi connectivity index (χ4n) is 2.41. The number of rotatable bonds is 3. The molecule has 4 N–H and O–H groups in total. The third-order valence-electron chi connectivity index (χ3n) is 3.65. The Labute approximate surface area is 127 Å². The molecule has 0 radical (unpaired) electrons. The molecule has 3 rings (SSSR count). The van der Waals surface area contributed by atoms with Gasteiger partial charge in [-0.25, -0.2) is 4.98 Å². The summed E-state index contributed by atoms with van der Waals surface area (Å²) in [4.78, 5) is 16.6. The number of thiazole rings is 1. The zero-order valence-corrected chi connectivity index (χ0v) is 12.5. The SMILES string of the molecule is Nc1ccc(-c2csc(NC(=O)C3CCNCC3)n2)cc1. The number of carbonyl (C=O) groups is 1. The van der Waals surface area contributed by atoms with E-state index in [1.165, 1.54) is 11.3 Å². The van der Waals surface area contributed by atoms with E-state index in [1.54, 1.807) is 0 Å². The summed E-state index contributed by atoms with van der Waals surface area (Å²) >= 11 is 1.45. The van der Waals surface area contributed by atoms with Crippen molar-refractivity contribution in [3.05, 3.63) is 29.6 Å². The van der Waals surface area contributed by atoms with Gasteiger partial charge in [0.15, 0.2) is 5.13 Å². The third-order valence-corrected chi connectivity index (χ3v) is 4.41. The molecular weight excluding hydrogens is 284 g/mol. The topological polar surface area (TPSA) is 80.0 Å². The molecule has 0 unspecified atom stereocenters. The number of carbonyl (C=O) groups excluding carboxylic acids is 1. The quantitative estimate of drug-likeness (QED) is 0.760. The van der Waals surface area contributed by atoms with Crippen molar-refractivity contribution in [2.24, 2.45) is 5.92 Å². The highest BCUT2D eigenvalue weighted by Crippen LogP contribution is 2.26. The first kappa shape index (κ1) is 14.0. The van der Waals surface area contributed by atoms with E-state index >= 15 is 0 Å². The van der Waals surface area contributed by atoms with Crippen LogP contribution in [0.2, 0.25) is 0 Å². The summed E-state index contributed by atoms with van der Waals surface area (Å²) in [5, 5.41) is 8.80. The van der Waals surface area contributed by atoms with Gasteiger partial charge < -0.3 is 16.4 Å². The molecule has 0 saturated carbocycles. The number of benzene rings is 1. The molecule has 1 saturated heterocycles. The zero-order chi connectivity index (χ0) is 14.7. The number of hydrogen-bond acceptors (Lipinski definition) is 5. The number of nitrogens with two attached hydrogens (primary N) is 1. The van der Waals surface area contributed by atoms with Crippen LogP contribution in [0.15, 0.2) is 29.6 Å². The van der Waals surface area contributed by atoms with Gasteiger partial charge in [0, 0.05) is 22.5 Å². The van der Waals surface area contributed by atoms with Crippen molar-refractivity contribution in [3.8, 4) is 11.3 Å². The van der Waals surface area contributed by atoms with Gasteiger partial charge in [0.1, 0.15) is 0 Å². The van der Waals surface area contributed by atoms with E-state index in [9.17, 15) is 4.79 Å². The lowest BCUT2D eigenvalue weighted by molar-refractivity contribution is -0.120. The molecule has 1 aromatic carbocycles. The van der Waals surface area contributed by atoms with Crippen molar-refractivity contribution in [1.82, 2.24) is 10.3 Å². The number of nitrogen functional groups attached to an aromatic ring is 1. The van der Waals surface area contributed by atoms with Crippen LogP contribution in [0.5, 0.6) is 0 Å². The Hall–Kier alpha value is -1.92. The smallest absolute Gasteiger partial charge is 0.229 e. The standard InChI is InChI=1S/C15H18N4OS/c16-12-3-1-10(2-4-12)13-9-21-15(18-13)19-14(20)11-5-7-17-8-6-11/h1-4,9,11,17H,5-8,16H2,(H,18,19,20). The van der Waals surface area contributed by atoms with Crippen molar-refractivity contribution in [2.75, 3.05) is 24.1 Å². The van der Waals surface area contributed by atoms with Gasteiger partial charge >= 0.3 is 0 Å². The Bertz CT molecular complexity index is 617. The molecule has 2 aromatic rings. The molecule has 1 aromatic heterocycles. The Morgan fingerprint density at radius 3 is 2.71 bits per heavy atom. The normalized spacial score (nSPS) is 15.8. The summed E-state index contributed by atoms with van der Waals surface area (Å²) in [6.45, 7) is 1.82. The molecule has 1 amide bonds. The Morgan fingerprint density at radius 2 is 2.00 bits per heavy atom. The Morgan fingerprint density at radius 1 is 1.29 bits per heavy atom. The van der Waals surface area contributed by atoms with Crippen LogP contribution in [0.3, 0.4) is 0 Å². The maximum absolute atomic E-state index is 12.2. The maximum atomic E-state index is 12.2. The summed E-state index contributed by atoms with van der Waals surface area (Å²) in [6, 6.07) is 7.56. The average molecular weight is 302 g/mol. The van der Waals surface area contributed by atoms with Crippen LogP contribution in [0.25, 0.3) is 11.3 Å². The summed E-state index contributed by atoms with van der Waals surface area (Å²) in [7, 11) is 0. The van der Waals surface area contributed by atoms with Crippen molar-refractivity contribution in [2.45, 2.75) is 12.8 Å². The summed E-state index contributed by atoms with van der Waals surface area (Å²) in [5.41, 5.74) is 8.27. The van der Waals surface area contributed by atoms with Crippen LogP contribution < -0.4 is 16.4 Å². The lowest BCUT2D eigenvalue weighted by Gasteiger charge is -2.20. The molecule has 0 spiro atoms. The summed E-state index contributed by atoms with van der Waals surface area (Å²) in [5.74, 6) is 0.171. The highest BCUT2D eigenvalue weighted by Gasteiger charge is 2.21. The van der Waals surface area contributed by atoms with Crippen LogP contribution >= 0.6 is 11.3 Å². The maximum Gasteiger partial charge on any atom is 0.229 e. The van der Waals surface area contributed by atoms with Gasteiger partial charge in [-0.3, -0.25) is 4.79 Å². The monoisotopic (exact) mass is 302 g/mol. The minimum atomic E-state index is 0.0784. The first-order valence-electron chi connectivity index (χ1n) is 7.05. The number of amides is 1. The van der Waals surface area contributed by atoms with E-state index < -0.39 is 0 Å². The van der Waals surface area contributed by atoms with Gasteiger partial charge in [-0.05, 0) is 38.1 Å². The van der Waals surface area contributed by atoms with Gasteiger partial charge in [-0.15, -0.1) is 11.3 Å². The fourth-order valence-corrected chi connectivity index (χ4v) is 3.13. The summed E-state index contributed by atoms with van der Waals surface area (Å²) in [6.07, 6.45) is 1.78. The average Bonchev–Trinajstić information content (AvgIpc) is 2.97. The van der Waals surface area contributed by atoms with Crippen molar-refractivity contribution < 1.29 is 4.79 Å². The molecular formula is C15H18N4OS. The van der Waals surface area contributed by atoms with E-state index in [4.69, 9.17) is 5.73 Å². The van der Waals surface area contributed by atoms with Crippen molar-refractivity contribution in [3.63, 3.8) is 0 Å². The second-order valence-electron chi connectivity index (χ2n) is 5.17. The molecule has 21 heavy (non-hydrogen) atoms. The molecule has 1 aliphatic rings. The van der Waals surface area contributed by atoms with Crippen molar-refractivity contribution in [1.29, 1.82) is 0 Å². The van der Waals surface area contributed by atoms with Gasteiger partial charge in [-0.2, -0.15) is 0 Å². The first-order chi connectivity index (χ1) is 10.2. The second-order valence-corrected chi connectivity index (χ2v) is 6.03. The molecule has 0 aliphatic carbocycles. The highest BCUT2D eigenvalue weighted by molar-refractivity contribution is 7.14. The lowest BCUT2D eigenvalue weighted by Crippen LogP contribution is -2.34. The van der Waals surface area contributed by atoms with Crippen molar-refractivity contribution >= 4 is 28.1 Å². The van der Waals surface area contributed by atoms with E-state index in [-0.39, 0.29) is 11.8 Å². The first-order valence-corrected chi connectivity index (χ1v) is 7.93. The fraction of sp³-hybridized carbons (Fsp3) is 0.333. The molecule has 0 bridgehead atoms. The predicted octanol–water partition coefficient (Wildman–Crippen LogP) is 2.33. The van der Waals surface area contributed by atoms with Crippen LogP contribution in [0, 0.1) is 5.92 Å². The number of aromatic nitrogens is 1. The molecule has 0 atom stereocenters. The van der Waals surface area contributed by atoms with Gasteiger partial charge in [0.25, 0.3) is 0 Å². The van der Waals surface area contributed by atoms with E-state index in [2.05, 4.69) is 15.6 Å². The zero-order valence-electron chi connectivity index (χ0n) is 11.6. The predicted molar refractivity (Wildman–Crippen MR) is 86.2 cm³/mol. The number of hydrogen-bond donors (Lipinski definition) is 3. The molecule has 5 nitrogen and oxygen atoms in total. The lowest BCUT2D eigenvalue weighted by atomic mass is 9.97. The minimum absolute atomic E-state index is 0.0784. The molecule has 2 heterocycles.